The van der Waals surface area contributed by atoms with Crippen molar-refractivity contribution in [2.45, 2.75) is 57.9 Å². The lowest BCUT2D eigenvalue weighted by atomic mass is 10.0. The highest BCUT2D eigenvalue weighted by Crippen LogP contribution is 2.17. The van der Waals surface area contributed by atoms with Crippen molar-refractivity contribution in [1.29, 1.82) is 0 Å². The third-order valence-corrected chi connectivity index (χ3v) is 3.99. The van der Waals surface area contributed by atoms with Crippen molar-refractivity contribution in [3.63, 3.8) is 0 Å². The average molecular weight is 249 g/mol. The van der Waals surface area contributed by atoms with Crippen LogP contribution in [0.4, 0.5) is 4.39 Å². The number of benzene rings is 1. The topological polar surface area (TPSA) is 12.0 Å². The minimum Gasteiger partial charge on any atom is -0.314 e. The lowest BCUT2D eigenvalue weighted by Gasteiger charge is -2.16. The van der Waals surface area contributed by atoms with E-state index in [0.29, 0.717) is 6.04 Å². The largest absolute Gasteiger partial charge is 0.314 e. The summed E-state index contributed by atoms with van der Waals surface area (Å²) in [6.07, 6.45) is 9.18. The molecule has 1 aliphatic rings. The molecule has 18 heavy (non-hydrogen) atoms. The molecule has 2 heteroatoms. The van der Waals surface area contributed by atoms with Gasteiger partial charge in [0.2, 0.25) is 0 Å². The van der Waals surface area contributed by atoms with Gasteiger partial charge in [-0.2, -0.15) is 0 Å². The van der Waals surface area contributed by atoms with Gasteiger partial charge in [0, 0.05) is 6.04 Å². The molecule has 0 radical (unpaired) electrons. The van der Waals surface area contributed by atoms with Crippen LogP contribution in [-0.2, 0) is 6.42 Å². The molecule has 0 atom stereocenters. The Balaban J connectivity index is 1.77. The van der Waals surface area contributed by atoms with Crippen LogP contribution in [0.2, 0.25) is 0 Å². The molecule has 1 saturated carbocycles. The van der Waals surface area contributed by atoms with E-state index >= 15 is 0 Å². The molecule has 1 nitrogen and oxygen atoms in total. The monoisotopic (exact) mass is 249 g/mol. The zero-order valence-corrected chi connectivity index (χ0v) is 11.3. The number of halogens is 1. The Labute approximate surface area is 110 Å². The van der Waals surface area contributed by atoms with Gasteiger partial charge in [-0.3, -0.25) is 0 Å². The van der Waals surface area contributed by atoms with Gasteiger partial charge in [-0.15, -0.1) is 0 Å². The number of aryl methyl sites for hydroxylation is 1. The predicted octanol–water partition coefficient (Wildman–Crippen LogP) is 3.99. The van der Waals surface area contributed by atoms with Crippen molar-refractivity contribution < 1.29 is 4.39 Å². The first-order valence-electron chi connectivity index (χ1n) is 7.24. The Kier molecular flexibility index (Phi) is 5.18. The second-order valence-corrected chi connectivity index (χ2v) is 5.46. The fourth-order valence-electron chi connectivity index (χ4n) is 2.83. The summed E-state index contributed by atoms with van der Waals surface area (Å²) in [7, 11) is 0. The zero-order valence-electron chi connectivity index (χ0n) is 11.3. The zero-order chi connectivity index (χ0) is 12.8. The maximum atomic E-state index is 13.0. The SMILES string of the molecule is Cc1cc(F)ccc1CCNC1CCCCCC1. The van der Waals surface area contributed by atoms with E-state index in [4.69, 9.17) is 0 Å². The second kappa shape index (κ2) is 6.89. The van der Waals surface area contributed by atoms with Crippen LogP contribution in [0.1, 0.15) is 49.7 Å². The molecule has 0 heterocycles. The highest BCUT2D eigenvalue weighted by atomic mass is 19.1. The van der Waals surface area contributed by atoms with Crippen LogP contribution in [0.25, 0.3) is 0 Å². The van der Waals surface area contributed by atoms with E-state index in [1.165, 1.54) is 44.1 Å². The fourth-order valence-corrected chi connectivity index (χ4v) is 2.83. The molecule has 1 N–H and O–H groups in total. The van der Waals surface area contributed by atoms with Crippen molar-refractivity contribution in [1.82, 2.24) is 5.32 Å². The van der Waals surface area contributed by atoms with Gasteiger partial charge in [-0.25, -0.2) is 4.39 Å². The molecular formula is C16H24FN. The molecule has 0 aliphatic heterocycles. The first-order chi connectivity index (χ1) is 8.75. The van der Waals surface area contributed by atoms with Crippen molar-refractivity contribution >= 4 is 0 Å². The van der Waals surface area contributed by atoms with Crippen LogP contribution in [0.3, 0.4) is 0 Å². The van der Waals surface area contributed by atoms with Gasteiger partial charge in [0.05, 0.1) is 0 Å². The molecule has 0 aromatic heterocycles. The molecule has 1 aromatic rings. The van der Waals surface area contributed by atoms with Gasteiger partial charge in [0.15, 0.2) is 0 Å². The van der Waals surface area contributed by atoms with Gasteiger partial charge >= 0.3 is 0 Å². The summed E-state index contributed by atoms with van der Waals surface area (Å²) < 4.78 is 13.0. The van der Waals surface area contributed by atoms with Crippen LogP contribution in [-0.4, -0.2) is 12.6 Å². The van der Waals surface area contributed by atoms with Gasteiger partial charge in [0.25, 0.3) is 0 Å². The van der Waals surface area contributed by atoms with Crippen molar-refractivity contribution in [3.8, 4) is 0 Å². The molecule has 100 valence electrons. The Morgan fingerprint density at radius 2 is 1.89 bits per heavy atom. The van der Waals surface area contributed by atoms with Gasteiger partial charge in [0.1, 0.15) is 5.82 Å². The molecule has 0 amide bonds. The summed E-state index contributed by atoms with van der Waals surface area (Å²) in [6, 6.07) is 5.81. The Morgan fingerprint density at radius 3 is 2.56 bits per heavy atom. The average Bonchev–Trinajstić information content (AvgIpc) is 2.60. The second-order valence-electron chi connectivity index (χ2n) is 5.46. The minimum absolute atomic E-state index is 0.132. The van der Waals surface area contributed by atoms with Gasteiger partial charge in [-0.1, -0.05) is 31.7 Å². The minimum atomic E-state index is -0.132. The summed E-state index contributed by atoms with van der Waals surface area (Å²) in [4.78, 5) is 0. The predicted molar refractivity (Wildman–Crippen MR) is 74.3 cm³/mol. The van der Waals surface area contributed by atoms with E-state index in [0.717, 1.165) is 18.5 Å². The van der Waals surface area contributed by atoms with E-state index in [-0.39, 0.29) is 5.82 Å². The summed E-state index contributed by atoms with van der Waals surface area (Å²) in [5.41, 5.74) is 2.33. The molecule has 0 bridgehead atoms. The third kappa shape index (κ3) is 4.09. The first kappa shape index (κ1) is 13.5. The van der Waals surface area contributed by atoms with E-state index in [9.17, 15) is 4.39 Å². The summed E-state index contributed by atoms with van der Waals surface area (Å²) in [6.45, 7) is 3.00. The number of nitrogens with one attached hydrogen (secondary N) is 1. The summed E-state index contributed by atoms with van der Waals surface area (Å²) in [5, 5.41) is 3.66. The normalized spacial score (nSPS) is 17.7. The number of hydrogen-bond donors (Lipinski definition) is 1. The summed E-state index contributed by atoms with van der Waals surface area (Å²) >= 11 is 0. The Bertz CT molecular complexity index is 367. The molecule has 1 aliphatic carbocycles. The number of rotatable bonds is 4. The van der Waals surface area contributed by atoms with Crippen LogP contribution in [0, 0.1) is 12.7 Å². The summed E-state index contributed by atoms with van der Waals surface area (Å²) in [5.74, 6) is -0.132. The van der Waals surface area contributed by atoms with Crippen molar-refractivity contribution in [2.75, 3.05) is 6.54 Å². The van der Waals surface area contributed by atoms with E-state index < -0.39 is 0 Å². The lowest BCUT2D eigenvalue weighted by Crippen LogP contribution is -2.30. The van der Waals surface area contributed by atoms with Gasteiger partial charge < -0.3 is 5.32 Å². The highest BCUT2D eigenvalue weighted by molar-refractivity contribution is 5.26. The number of hydrogen-bond acceptors (Lipinski definition) is 1. The van der Waals surface area contributed by atoms with Gasteiger partial charge in [-0.05, 0) is 56.0 Å². The first-order valence-corrected chi connectivity index (χ1v) is 7.24. The molecule has 2 rings (SSSR count). The van der Waals surface area contributed by atoms with E-state index in [2.05, 4.69) is 5.32 Å². The smallest absolute Gasteiger partial charge is 0.123 e. The van der Waals surface area contributed by atoms with Crippen LogP contribution in [0.5, 0.6) is 0 Å². The molecular weight excluding hydrogens is 225 g/mol. The van der Waals surface area contributed by atoms with E-state index in [1.807, 2.05) is 13.0 Å². The van der Waals surface area contributed by atoms with Crippen LogP contribution >= 0.6 is 0 Å². The maximum absolute atomic E-state index is 13.0. The van der Waals surface area contributed by atoms with Crippen LogP contribution < -0.4 is 5.32 Å². The highest BCUT2D eigenvalue weighted by Gasteiger charge is 2.11. The maximum Gasteiger partial charge on any atom is 0.123 e. The van der Waals surface area contributed by atoms with Crippen LogP contribution in [0.15, 0.2) is 18.2 Å². The molecule has 0 spiro atoms. The third-order valence-electron chi connectivity index (χ3n) is 3.99. The lowest BCUT2D eigenvalue weighted by molar-refractivity contribution is 0.463. The van der Waals surface area contributed by atoms with E-state index in [1.54, 1.807) is 12.1 Å². The van der Waals surface area contributed by atoms with Crippen molar-refractivity contribution in [3.05, 3.63) is 35.1 Å². The quantitative estimate of drug-likeness (QED) is 0.796. The molecule has 0 saturated heterocycles. The Morgan fingerprint density at radius 1 is 1.17 bits per heavy atom. The molecule has 1 aromatic carbocycles. The molecule has 1 fully saturated rings. The molecule has 0 unspecified atom stereocenters. The fraction of sp³-hybridized carbons (Fsp3) is 0.625. The van der Waals surface area contributed by atoms with Crippen molar-refractivity contribution in [2.24, 2.45) is 0 Å². The standard InChI is InChI=1S/C16H24FN/c1-13-12-15(17)9-8-14(13)10-11-18-16-6-4-2-3-5-7-16/h8-9,12,16,18H,2-7,10-11H2,1H3. The Hall–Kier alpha value is -0.890.